The molecule has 1 atom stereocenters. The minimum absolute atomic E-state index is 0.162. The molecule has 8 nitrogen and oxygen atoms in total. The minimum atomic E-state index is -0.866. The summed E-state index contributed by atoms with van der Waals surface area (Å²) in [5.74, 6) is -0.278. The van der Waals surface area contributed by atoms with Crippen molar-refractivity contribution in [2.75, 3.05) is 25.5 Å². The Hall–Kier alpha value is -3.42. The van der Waals surface area contributed by atoms with Crippen molar-refractivity contribution in [3.05, 3.63) is 54.1 Å². The molecular formula is C22H29N5O3. The lowest BCUT2D eigenvalue weighted by Crippen LogP contribution is -2.43. The summed E-state index contributed by atoms with van der Waals surface area (Å²) in [5, 5.41) is 11.2. The zero-order chi connectivity index (χ0) is 22.3. The molecule has 0 bridgehead atoms. The predicted molar refractivity (Wildman–Crippen MR) is 118 cm³/mol. The van der Waals surface area contributed by atoms with Gasteiger partial charge in [-0.05, 0) is 48.5 Å². The molecule has 8 heteroatoms. The van der Waals surface area contributed by atoms with Crippen LogP contribution in [0, 0.1) is 5.41 Å². The third kappa shape index (κ3) is 6.88. The van der Waals surface area contributed by atoms with E-state index in [1.807, 2.05) is 64.0 Å². The van der Waals surface area contributed by atoms with Crippen LogP contribution in [0.15, 0.2) is 58.8 Å². The van der Waals surface area contributed by atoms with E-state index in [0.717, 1.165) is 11.4 Å². The van der Waals surface area contributed by atoms with Gasteiger partial charge in [0.15, 0.2) is 0 Å². The summed E-state index contributed by atoms with van der Waals surface area (Å²) >= 11 is 0. The normalized spacial score (nSPS) is 12.4. The number of ether oxygens (including phenoxy) is 1. The number of nitrogens with one attached hydrogen (secondary N) is 1. The SMILES string of the molecule is CN(C)c1ccc(N=Nc2ccc(C(=O)NCC(OC(N)=O)C(C)(C)C)cc2)cc1. The van der Waals surface area contributed by atoms with E-state index in [1.165, 1.54) is 0 Å². The number of hydrogen-bond acceptors (Lipinski definition) is 6. The highest BCUT2D eigenvalue weighted by molar-refractivity contribution is 5.94. The summed E-state index contributed by atoms with van der Waals surface area (Å²) < 4.78 is 5.11. The van der Waals surface area contributed by atoms with Crippen LogP contribution in [0.5, 0.6) is 0 Å². The molecule has 2 rings (SSSR count). The molecule has 1 unspecified atom stereocenters. The van der Waals surface area contributed by atoms with Crippen molar-refractivity contribution in [1.82, 2.24) is 5.32 Å². The molecule has 0 saturated carbocycles. The molecule has 0 saturated heterocycles. The van der Waals surface area contributed by atoms with Crippen LogP contribution in [0.3, 0.4) is 0 Å². The maximum Gasteiger partial charge on any atom is 0.404 e. The Kier molecular flexibility index (Phi) is 7.52. The maximum atomic E-state index is 12.4. The lowest BCUT2D eigenvalue weighted by atomic mass is 9.89. The second-order valence-electron chi connectivity index (χ2n) is 8.16. The zero-order valence-electron chi connectivity index (χ0n) is 18.0. The van der Waals surface area contributed by atoms with Crippen LogP contribution >= 0.6 is 0 Å². The van der Waals surface area contributed by atoms with E-state index >= 15 is 0 Å². The Morgan fingerprint density at radius 3 is 1.93 bits per heavy atom. The van der Waals surface area contributed by atoms with Crippen LogP contribution < -0.4 is 16.0 Å². The summed E-state index contributed by atoms with van der Waals surface area (Å²) in [7, 11) is 3.95. The Labute approximate surface area is 177 Å². The molecule has 0 aliphatic rings. The molecule has 2 aromatic rings. The van der Waals surface area contributed by atoms with E-state index in [2.05, 4.69) is 15.5 Å². The Balaban J connectivity index is 1.97. The van der Waals surface area contributed by atoms with E-state index < -0.39 is 12.2 Å². The van der Waals surface area contributed by atoms with Gasteiger partial charge < -0.3 is 20.7 Å². The fraction of sp³-hybridized carbons (Fsp3) is 0.364. The van der Waals surface area contributed by atoms with Gasteiger partial charge in [0.2, 0.25) is 0 Å². The van der Waals surface area contributed by atoms with E-state index in [4.69, 9.17) is 10.5 Å². The smallest absolute Gasteiger partial charge is 0.404 e. The number of anilines is 1. The fourth-order valence-electron chi connectivity index (χ4n) is 2.56. The van der Waals surface area contributed by atoms with Gasteiger partial charge in [-0.3, -0.25) is 4.79 Å². The minimum Gasteiger partial charge on any atom is -0.444 e. The first-order valence-corrected chi connectivity index (χ1v) is 9.60. The number of nitrogens with two attached hydrogens (primary N) is 1. The van der Waals surface area contributed by atoms with E-state index in [-0.39, 0.29) is 17.9 Å². The molecular weight excluding hydrogens is 382 g/mol. The van der Waals surface area contributed by atoms with Crippen LogP contribution in [0.4, 0.5) is 21.9 Å². The summed E-state index contributed by atoms with van der Waals surface area (Å²) in [4.78, 5) is 25.5. The quantitative estimate of drug-likeness (QED) is 0.658. The van der Waals surface area contributed by atoms with Crippen molar-refractivity contribution in [1.29, 1.82) is 0 Å². The van der Waals surface area contributed by atoms with Gasteiger partial charge in [-0.25, -0.2) is 4.79 Å². The van der Waals surface area contributed by atoms with Gasteiger partial charge in [0.25, 0.3) is 5.91 Å². The fourth-order valence-corrected chi connectivity index (χ4v) is 2.56. The second-order valence-corrected chi connectivity index (χ2v) is 8.16. The predicted octanol–water partition coefficient (Wildman–Crippen LogP) is 4.41. The monoisotopic (exact) mass is 411 g/mol. The average Bonchev–Trinajstić information content (AvgIpc) is 2.69. The van der Waals surface area contributed by atoms with Gasteiger partial charge >= 0.3 is 6.09 Å². The van der Waals surface area contributed by atoms with Gasteiger partial charge in [0.05, 0.1) is 17.9 Å². The topological polar surface area (TPSA) is 109 Å². The summed E-state index contributed by atoms with van der Waals surface area (Å²) in [5.41, 5.74) is 7.68. The van der Waals surface area contributed by atoms with Gasteiger partial charge in [-0.15, -0.1) is 0 Å². The van der Waals surface area contributed by atoms with Crippen molar-refractivity contribution in [3.8, 4) is 0 Å². The van der Waals surface area contributed by atoms with Crippen LogP contribution in [-0.2, 0) is 4.74 Å². The molecule has 30 heavy (non-hydrogen) atoms. The van der Waals surface area contributed by atoms with Gasteiger partial charge in [-0.1, -0.05) is 20.8 Å². The zero-order valence-corrected chi connectivity index (χ0v) is 18.0. The van der Waals surface area contributed by atoms with Crippen LogP contribution in [0.2, 0.25) is 0 Å². The molecule has 0 spiro atoms. The number of nitrogens with zero attached hydrogens (tertiary/aromatic N) is 3. The molecule has 0 heterocycles. The van der Waals surface area contributed by atoms with Crippen LogP contribution in [0.1, 0.15) is 31.1 Å². The summed E-state index contributed by atoms with van der Waals surface area (Å²) in [6.45, 7) is 5.87. The molecule has 3 N–H and O–H groups in total. The van der Waals surface area contributed by atoms with Crippen molar-refractivity contribution < 1.29 is 14.3 Å². The lowest BCUT2D eigenvalue weighted by Gasteiger charge is -2.29. The number of rotatable bonds is 7. The number of amides is 2. The van der Waals surface area contributed by atoms with E-state index in [9.17, 15) is 9.59 Å². The molecule has 2 amide bonds. The molecule has 0 aliphatic carbocycles. The number of benzene rings is 2. The first kappa shape index (κ1) is 22.9. The maximum absolute atomic E-state index is 12.4. The lowest BCUT2D eigenvalue weighted by molar-refractivity contribution is 0.0362. The summed E-state index contributed by atoms with van der Waals surface area (Å²) in [6.07, 6.45) is -1.40. The summed E-state index contributed by atoms with van der Waals surface area (Å²) in [6, 6.07) is 14.5. The standard InChI is InChI=1S/C22H29N5O3/c1-22(2,3)19(30-21(23)29)14-24-20(28)15-6-8-16(9-7-15)25-26-17-10-12-18(13-11-17)27(4)5/h6-13,19H,14H2,1-5H3,(H2,23,29)(H,24,28). The van der Waals surface area contributed by atoms with E-state index in [0.29, 0.717) is 11.3 Å². The Morgan fingerprint density at radius 1 is 1.00 bits per heavy atom. The molecule has 0 radical (unpaired) electrons. The van der Waals surface area contributed by atoms with Crippen LogP contribution in [-0.4, -0.2) is 38.7 Å². The molecule has 0 aliphatic heterocycles. The molecule has 0 fully saturated rings. The number of carbonyl (C=O) groups excluding carboxylic acids is 2. The Morgan fingerprint density at radius 2 is 1.50 bits per heavy atom. The Bertz CT molecular complexity index is 884. The van der Waals surface area contributed by atoms with Crippen LogP contribution in [0.25, 0.3) is 0 Å². The van der Waals surface area contributed by atoms with Crippen molar-refractivity contribution in [2.24, 2.45) is 21.4 Å². The number of azo groups is 1. The second kappa shape index (κ2) is 9.87. The third-order valence-corrected chi connectivity index (χ3v) is 4.45. The van der Waals surface area contributed by atoms with Gasteiger partial charge in [0.1, 0.15) is 6.10 Å². The number of primary amides is 1. The van der Waals surface area contributed by atoms with Gasteiger partial charge in [0, 0.05) is 30.8 Å². The first-order valence-electron chi connectivity index (χ1n) is 9.60. The molecule has 160 valence electrons. The molecule has 2 aromatic carbocycles. The van der Waals surface area contributed by atoms with Crippen molar-refractivity contribution in [3.63, 3.8) is 0 Å². The third-order valence-electron chi connectivity index (χ3n) is 4.45. The highest BCUT2D eigenvalue weighted by Crippen LogP contribution is 2.23. The first-order chi connectivity index (χ1) is 14.1. The molecule has 0 aromatic heterocycles. The number of carbonyl (C=O) groups is 2. The van der Waals surface area contributed by atoms with Crippen molar-refractivity contribution >= 4 is 29.1 Å². The van der Waals surface area contributed by atoms with Crippen molar-refractivity contribution in [2.45, 2.75) is 26.9 Å². The van der Waals surface area contributed by atoms with E-state index in [1.54, 1.807) is 24.3 Å². The largest absolute Gasteiger partial charge is 0.444 e. The average molecular weight is 412 g/mol. The highest BCUT2D eigenvalue weighted by atomic mass is 16.6. The highest BCUT2D eigenvalue weighted by Gasteiger charge is 2.28. The van der Waals surface area contributed by atoms with Gasteiger partial charge in [-0.2, -0.15) is 10.2 Å². The number of hydrogen-bond donors (Lipinski definition) is 2.